The predicted molar refractivity (Wildman–Crippen MR) is 124 cm³/mol. The molecule has 0 fully saturated rings. The molecular formula is C24H54ClNSi. The Bertz CT molecular complexity index is 278. The van der Waals surface area contributed by atoms with Crippen LogP contribution in [0.4, 0.5) is 0 Å². The maximum atomic E-state index is 2.53. The molecule has 0 rings (SSSR count). The summed E-state index contributed by atoms with van der Waals surface area (Å²) in [6, 6.07) is 0. The molecule has 0 aromatic carbocycles. The number of unbranched alkanes of at least 4 members (excludes halogenated alkanes) is 15. The van der Waals surface area contributed by atoms with Gasteiger partial charge in [0.15, 0.2) is 0 Å². The predicted octanol–water partition coefficient (Wildman–Crippen LogP) is 4.38. The van der Waals surface area contributed by atoms with Crippen molar-refractivity contribution < 1.29 is 17.0 Å². The summed E-state index contributed by atoms with van der Waals surface area (Å²) in [6.07, 6.45) is 24.9. The summed E-state index contributed by atoms with van der Waals surface area (Å²) >= 11 is 0. The van der Waals surface area contributed by atoms with Gasteiger partial charge in [-0.05, 0) is 38.9 Å². The van der Waals surface area contributed by atoms with Gasteiger partial charge in [-0.15, -0.1) is 0 Å². The molecule has 0 spiro atoms. The summed E-state index contributed by atoms with van der Waals surface area (Å²) in [5, 5.41) is 0. The standard InChI is InChI=1S/C24H53NSi.ClH/c1-6-8-9-10-11-12-13-14-15-16-17-18-19-20-21-22-24-25(23-7-2)26(3,4)5;/h6-24H2,1-5H3;1H. The molecule has 1 unspecified atom stereocenters. The van der Waals surface area contributed by atoms with Gasteiger partial charge in [0.05, 0.1) is 13.1 Å². The van der Waals surface area contributed by atoms with E-state index in [9.17, 15) is 0 Å². The SMILES string of the molecule is CCCCCCCCCCCCCCCCCC[NH+](CCC)[Si](C)(C)C.[Cl-]. The average molecular weight is 420 g/mol. The van der Waals surface area contributed by atoms with Crippen LogP contribution in [0.5, 0.6) is 0 Å². The number of rotatable bonds is 20. The van der Waals surface area contributed by atoms with E-state index < -0.39 is 8.24 Å². The smallest absolute Gasteiger partial charge is 0.274 e. The first-order chi connectivity index (χ1) is 12.5. The Morgan fingerprint density at radius 2 is 0.778 bits per heavy atom. The molecule has 0 aliphatic carbocycles. The number of hydrogen-bond acceptors (Lipinski definition) is 0. The van der Waals surface area contributed by atoms with Crippen LogP contribution in [-0.2, 0) is 0 Å². The van der Waals surface area contributed by atoms with E-state index in [0.29, 0.717) is 0 Å². The quantitative estimate of drug-likeness (QED) is 0.220. The van der Waals surface area contributed by atoms with Crippen LogP contribution < -0.4 is 17.0 Å². The molecular weight excluding hydrogens is 366 g/mol. The highest BCUT2D eigenvalue weighted by atomic mass is 35.5. The minimum absolute atomic E-state index is 0. The van der Waals surface area contributed by atoms with Gasteiger partial charge in [0, 0.05) is 0 Å². The molecule has 0 amide bonds. The average Bonchev–Trinajstić information content (AvgIpc) is 2.59. The molecule has 0 aliphatic heterocycles. The minimum atomic E-state index is -1.000. The molecule has 0 aliphatic rings. The third-order valence-electron chi connectivity index (χ3n) is 5.94. The summed E-state index contributed by atoms with van der Waals surface area (Å²) < 4.78 is 1.94. The Labute approximate surface area is 181 Å². The molecule has 27 heavy (non-hydrogen) atoms. The first-order valence-electron chi connectivity index (χ1n) is 12.4. The molecule has 1 nitrogen and oxygen atoms in total. The molecule has 0 saturated heterocycles. The van der Waals surface area contributed by atoms with Crippen molar-refractivity contribution in [3.63, 3.8) is 0 Å². The van der Waals surface area contributed by atoms with E-state index in [4.69, 9.17) is 0 Å². The Hall–Kier alpha value is 0.467. The second-order valence-corrected chi connectivity index (χ2v) is 14.9. The van der Waals surface area contributed by atoms with E-state index in [-0.39, 0.29) is 12.4 Å². The summed E-state index contributed by atoms with van der Waals surface area (Å²) in [7, 11) is -1.000. The van der Waals surface area contributed by atoms with E-state index in [0.717, 1.165) is 0 Å². The summed E-state index contributed by atoms with van der Waals surface area (Å²) in [5.74, 6) is 0. The Morgan fingerprint density at radius 3 is 1.07 bits per heavy atom. The molecule has 1 N–H and O–H groups in total. The highest BCUT2D eigenvalue weighted by Gasteiger charge is 2.28. The van der Waals surface area contributed by atoms with Gasteiger partial charge in [0.2, 0.25) is 0 Å². The third-order valence-corrected chi connectivity index (χ3v) is 8.57. The zero-order chi connectivity index (χ0) is 19.5. The number of quaternary nitrogens is 1. The molecule has 0 aromatic rings. The number of halogens is 1. The molecule has 0 aromatic heterocycles. The Balaban J connectivity index is 0. The monoisotopic (exact) mass is 419 g/mol. The van der Waals surface area contributed by atoms with Crippen LogP contribution in [0.2, 0.25) is 19.6 Å². The Kier molecular flexibility index (Phi) is 23.3. The van der Waals surface area contributed by atoms with Gasteiger partial charge in [-0.1, -0.05) is 104 Å². The van der Waals surface area contributed by atoms with Gasteiger partial charge >= 0.3 is 0 Å². The van der Waals surface area contributed by atoms with Crippen LogP contribution in [0.3, 0.4) is 0 Å². The van der Waals surface area contributed by atoms with Crippen molar-refractivity contribution in [3.05, 3.63) is 0 Å². The summed E-state index contributed by atoms with van der Waals surface area (Å²) in [5.41, 5.74) is 0. The van der Waals surface area contributed by atoms with E-state index in [1.54, 1.807) is 0 Å². The lowest BCUT2D eigenvalue weighted by molar-refractivity contribution is -0.797. The lowest BCUT2D eigenvalue weighted by Crippen LogP contribution is -3.21. The normalized spacial score (nSPS) is 12.8. The van der Waals surface area contributed by atoms with E-state index in [1.165, 1.54) is 122 Å². The first-order valence-corrected chi connectivity index (χ1v) is 15.9. The van der Waals surface area contributed by atoms with Gasteiger partial charge in [0.25, 0.3) is 8.24 Å². The lowest BCUT2D eigenvalue weighted by atomic mass is 10.0. The van der Waals surface area contributed by atoms with Crippen molar-refractivity contribution in [1.29, 1.82) is 0 Å². The van der Waals surface area contributed by atoms with Crippen molar-refractivity contribution in [2.45, 2.75) is 143 Å². The summed E-state index contributed by atoms with van der Waals surface area (Å²) in [6.45, 7) is 15.1. The van der Waals surface area contributed by atoms with Crippen molar-refractivity contribution in [1.82, 2.24) is 0 Å². The van der Waals surface area contributed by atoms with E-state index in [2.05, 4.69) is 33.5 Å². The van der Waals surface area contributed by atoms with E-state index >= 15 is 0 Å². The highest BCUT2D eigenvalue weighted by molar-refractivity contribution is 6.67. The largest absolute Gasteiger partial charge is 1.00 e. The van der Waals surface area contributed by atoms with Crippen molar-refractivity contribution >= 4 is 8.24 Å². The zero-order valence-corrected chi connectivity index (χ0v) is 21.6. The minimum Gasteiger partial charge on any atom is -1.00 e. The van der Waals surface area contributed by atoms with Crippen molar-refractivity contribution in [2.75, 3.05) is 13.1 Å². The second kappa shape index (κ2) is 21.2. The van der Waals surface area contributed by atoms with Crippen LogP contribution in [0.1, 0.15) is 123 Å². The van der Waals surface area contributed by atoms with Crippen LogP contribution in [0.25, 0.3) is 0 Å². The molecule has 0 radical (unpaired) electrons. The molecule has 0 saturated carbocycles. The van der Waals surface area contributed by atoms with Gasteiger partial charge in [-0.2, -0.15) is 0 Å². The van der Waals surface area contributed by atoms with Crippen LogP contribution in [-0.4, -0.2) is 21.3 Å². The number of nitrogens with one attached hydrogen (secondary N) is 1. The zero-order valence-electron chi connectivity index (χ0n) is 19.8. The second-order valence-electron chi connectivity index (χ2n) is 9.66. The van der Waals surface area contributed by atoms with Crippen LogP contribution in [0.15, 0.2) is 0 Å². The van der Waals surface area contributed by atoms with Gasteiger partial charge in [0.1, 0.15) is 0 Å². The molecule has 166 valence electrons. The van der Waals surface area contributed by atoms with Gasteiger partial charge in [-0.3, -0.25) is 0 Å². The fourth-order valence-electron chi connectivity index (χ4n) is 4.06. The maximum Gasteiger partial charge on any atom is 0.274 e. The maximum absolute atomic E-state index is 2.53. The Morgan fingerprint density at radius 1 is 0.444 bits per heavy atom. The third kappa shape index (κ3) is 21.0. The molecule has 0 bridgehead atoms. The molecule has 0 heterocycles. The molecule has 3 heteroatoms. The van der Waals surface area contributed by atoms with Crippen molar-refractivity contribution in [3.8, 4) is 0 Å². The molecule has 1 atom stereocenters. The van der Waals surface area contributed by atoms with Crippen molar-refractivity contribution in [2.24, 2.45) is 0 Å². The fourth-order valence-corrected chi connectivity index (χ4v) is 5.99. The lowest BCUT2D eigenvalue weighted by Gasteiger charge is -2.30. The van der Waals surface area contributed by atoms with Gasteiger partial charge < -0.3 is 17.0 Å². The highest BCUT2D eigenvalue weighted by Crippen LogP contribution is 2.13. The number of hydrogen-bond donors (Lipinski definition) is 1. The van der Waals surface area contributed by atoms with Crippen LogP contribution >= 0.6 is 0 Å². The van der Waals surface area contributed by atoms with E-state index in [1.807, 2.05) is 4.57 Å². The fraction of sp³-hybridized carbons (Fsp3) is 1.00. The summed E-state index contributed by atoms with van der Waals surface area (Å²) in [4.78, 5) is 0. The first kappa shape index (κ1) is 29.7. The topological polar surface area (TPSA) is 4.44 Å². The van der Waals surface area contributed by atoms with Gasteiger partial charge in [-0.25, -0.2) is 0 Å². The van der Waals surface area contributed by atoms with Crippen LogP contribution in [0, 0.1) is 0 Å².